The van der Waals surface area contributed by atoms with Gasteiger partial charge in [-0.25, -0.2) is 0 Å². The van der Waals surface area contributed by atoms with Gasteiger partial charge in [-0.1, -0.05) is 13.0 Å². The first-order valence-electron chi connectivity index (χ1n) is 6.93. The van der Waals surface area contributed by atoms with Gasteiger partial charge in [0.15, 0.2) is 0 Å². The largest absolute Gasteiger partial charge is 0.395 e. The second-order valence-electron chi connectivity index (χ2n) is 4.95. The van der Waals surface area contributed by atoms with Crippen LogP contribution in [0.5, 0.6) is 0 Å². The first kappa shape index (κ1) is 14.0. The zero-order valence-electron chi connectivity index (χ0n) is 11.2. The Bertz CT molecular complexity index is 317. The van der Waals surface area contributed by atoms with Crippen molar-refractivity contribution < 1.29 is 5.11 Å². The third kappa shape index (κ3) is 3.79. The maximum absolute atomic E-state index is 9.32. The average molecular weight is 268 g/mol. The van der Waals surface area contributed by atoms with Gasteiger partial charge in [0, 0.05) is 43.6 Å². The van der Waals surface area contributed by atoms with Crippen LogP contribution in [-0.2, 0) is 6.42 Å². The van der Waals surface area contributed by atoms with Gasteiger partial charge >= 0.3 is 0 Å². The summed E-state index contributed by atoms with van der Waals surface area (Å²) in [7, 11) is 0. The number of rotatable bonds is 6. The zero-order valence-corrected chi connectivity index (χ0v) is 12.0. The molecule has 102 valence electrons. The topological polar surface area (TPSA) is 26.7 Å². The van der Waals surface area contributed by atoms with Gasteiger partial charge in [-0.2, -0.15) is 0 Å². The van der Waals surface area contributed by atoms with Crippen LogP contribution < -0.4 is 0 Å². The van der Waals surface area contributed by atoms with Gasteiger partial charge in [0.1, 0.15) is 0 Å². The SMILES string of the molecule is CCC(CO)N1CCN(CCc2cccs2)CC1. The second-order valence-corrected chi connectivity index (χ2v) is 5.98. The Morgan fingerprint density at radius 1 is 1.33 bits per heavy atom. The molecule has 1 atom stereocenters. The number of hydrogen-bond acceptors (Lipinski definition) is 4. The van der Waals surface area contributed by atoms with E-state index in [0.717, 1.165) is 32.6 Å². The highest BCUT2D eigenvalue weighted by Gasteiger charge is 2.21. The van der Waals surface area contributed by atoms with E-state index in [1.54, 1.807) is 0 Å². The van der Waals surface area contributed by atoms with Crippen molar-refractivity contribution in [2.24, 2.45) is 0 Å². The van der Waals surface area contributed by atoms with Crippen LogP contribution in [0.3, 0.4) is 0 Å². The lowest BCUT2D eigenvalue weighted by atomic mass is 10.1. The average Bonchev–Trinajstić information content (AvgIpc) is 2.92. The minimum atomic E-state index is 0.297. The Kier molecular flexibility index (Phi) is 5.63. The van der Waals surface area contributed by atoms with Crippen molar-refractivity contribution in [3.8, 4) is 0 Å². The van der Waals surface area contributed by atoms with Crippen LogP contribution >= 0.6 is 11.3 Å². The highest BCUT2D eigenvalue weighted by molar-refractivity contribution is 7.09. The number of thiophene rings is 1. The third-order valence-corrected chi connectivity index (χ3v) is 4.80. The molecule has 1 aromatic heterocycles. The Morgan fingerprint density at radius 2 is 2.11 bits per heavy atom. The number of piperazine rings is 1. The van der Waals surface area contributed by atoms with Crippen molar-refractivity contribution in [1.29, 1.82) is 0 Å². The predicted molar refractivity (Wildman–Crippen MR) is 77.2 cm³/mol. The summed E-state index contributed by atoms with van der Waals surface area (Å²) >= 11 is 1.85. The van der Waals surface area contributed by atoms with Crippen LogP contribution in [0.4, 0.5) is 0 Å². The quantitative estimate of drug-likeness (QED) is 0.850. The zero-order chi connectivity index (χ0) is 12.8. The second kappa shape index (κ2) is 7.24. The molecular formula is C14H24N2OS. The van der Waals surface area contributed by atoms with Crippen LogP contribution in [-0.4, -0.2) is 60.3 Å². The van der Waals surface area contributed by atoms with Crippen molar-refractivity contribution in [2.75, 3.05) is 39.3 Å². The molecule has 1 fully saturated rings. The molecule has 1 aliphatic rings. The fourth-order valence-corrected chi connectivity index (χ4v) is 3.28. The molecule has 1 aromatic rings. The normalized spacial score (nSPS) is 20.1. The summed E-state index contributed by atoms with van der Waals surface area (Å²) in [6.45, 7) is 8.11. The summed E-state index contributed by atoms with van der Waals surface area (Å²) in [6.07, 6.45) is 2.22. The van der Waals surface area contributed by atoms with Crippen LogP contribution in [0.25, 0.3) is 0 Å². The van der Waals surface area contributed by atoms with Crippen molar-refractivity contribution in [1.82, 2.24) is 9.80 Å². The molecule has 1 saturated heterocycles. The first-order valence-corrected chi connectivity index (χ1v) is 7.81. The van der Waals surface area contributed by atoms with E-state index in [-0.39, 0.29) is 0 Å². The van der Waals surface area contributed by atoms with Crippen molar-refractivity contribution in [3.63, 3.8) is 0 Å². The Hall–Kier alpha value is -0.420. The first-order chi connectivity index (χ1) is 8.83. The van der Waals surface area contributed by atoms with Gasteiger partial charge in [-0.05, 0) is 24.3 Å². The van der Waals surface area contributed by atoms with Gasteiger partial charge in [-0.15, -0.1) is 11.3 Å². The molecule has 4 heteroatoms. The number of aliphatic hydroxyl groups is 1. The molecule has 2 rings (SSSR count). The molecule has 1 unspecified atom stereocenters. The van der Waals surface area contributed by atoms with Crippen LogP contribution in [0.15, 0.2) is 17.5 Å². The van der Waals surface area contributed by atoms with Gasteiger partial charge in [-0.3, -0.25) is 4.90 Å². The van der Waals surface area contributed by atoms with Crippen molar-refractivity contribution in [2.45, 2.75) is 25.8 Å². The Labute approximate surface area is 114 Å². The summed E-state index contributed by atoms with van der Waals surface area (Å²) in [4.78, 5) is 6.46. The smallest absolute Gasteiger partial charge is 0.0586 e. The molecule has 0 amide bonds. The lowest BCUT2D eigenvalue weighted by molar-refractivity contribution is 0.0642. The molecule has 0 bridgehead atoms. The highest BCUT2D eigenvalue weighted by Crippen LogP contribution is 2.12. The van der Waals surface area contributed by atoms with E-state index >= 15 is 0 Å². The summed E-state index contributed by atoms with van der Waals surface area (Å²) in [5.41, 5.74) is 0. The lowest BCUT2D eigenvalue weighted by Gasteiger charge is -2.38. The molecule has 0 aromatic carbocycles. The summed E-state index contributed by atoms with van der Waals surface area (Å²) < 4.78 is 0. The monoisotopic (exact) mass is 268 g/mol. The maximum atomic E-state index is 9.32. The summed E-state index contributed by atoms with van der Waals surface area (Å²) in [5.74, 6) is 0. The van der Waals surface area contributed by atoms with E-state index in [9.17, 15) is 5.11 Å². The van der Waals surface area contributed by atoms with Crippen LogP contribution in [0.1, 0.15) is 18.2 Å². The summed E-state index contributed by atoms with van der Waals surface area (Å²) in [6, 6.07) is 4.72. The Balaban J connectivity index is 1.70. The molecule has 0 aliphatic carbocycles. The molecule has 0 spiro atoms. The molecule has 2 heterocycles. The van der Waals surface area contributed by atoms with Crippen LogP contribution in [0.2, 0.25) is 0 Å². The Morgan fingerprint density at radius 3 is 2.67 bits per heavy atom. The fraction of sp³-hybridized carbons (Fsp3) is 0.714. The van der Waals surface area contributed by atoms with E-state index in [2.05, 4.69) is 34.2 Å². The van der Waals surface area contributed by atoms with E-state index in [4.69, 9.17) is 0 Å². The lowest BCUT2D eigenvalue weighted by Crippen LogP contribution is -2.51. The molecule has 0 saturated carbocycles. The van der Waals surface area contributed by atoms with Gasteiger partial charge in [0.25, 0.3) is 0 Å². The van der Waals surface area contributed by atoms with E-state index in [1.807, 2.05) is 11.3 Å². The minimum absolute atomic E-state index is 0.297. The highest BCUT2D eigenvalue weighted by atomic mass is 32.1. The number of hydrogen-bond donors (Lipinski definition) is 1. The van der Waals surface area contributed by atoms with Crippen molar-refractivity contribution in [3.05, 3.63) is 22.4 Å². The third-order valence-electron chi connectivity index (χ3n) is 3.86. The molecule has 3 nitrogen and oxygen atoms in total. The molecule has 0 radical (unpaired) electrons. The van der Waals surface area contributed by atoms with Gasteiger partial charge in [0.2, 0.25) is 0 Å². The predicted octanol–water partition coefficient (Wildman–Crippen LogP) is 1.68. The van der Waals surface area contributed by atoms with E-state index in [0.29, 0.717) is 12.6 Å². The van der Waals surface area contributed by atoms with Gasteiger partial charge < -0.3 is 10.0 Å². The molecular weight excluding hydrogens is 244 g/mol. The fourth-order valence-electron chi connectivity index (χ4n) is 2.58. The standard InChI is InChI=1S/C14H24N2OS/c1-2-13(12-17)16-9-7-15(8-10-16)6-5-14-4-3-11-18-14/h3-4,11,13,17H,2,5-10,12H2,1H3. The van der Waals surface area contributed by atoms with E-state index < -0.39 is 0 Å². The van der Waals surface area contributed by atoms with Crippen molar-refractivity contribution >= 4 is 11.3 Å². The molecule has 1 aliphatic heterocycles. The van der Waals surface area contributed by atoms with Gasteiger partial charge in [0.05, 0.1) is 6.61 Å². The van der Waals surface area contributed by atoms with E-state index in [1.165, 1.54) is 17.8 Å². The maximum Gasteiger partial charge on any atom is 0.0586 e. The number of aliphatic hydroxyl groups excluding tert-OH is 1. The van der Waals surface area contributed by atoms with Crippen LogP contribution in [0, 0.1) is 0 Å². The summed E-state index contributed by atoms with van der Waals surface area (Å²) in [5, 5.41) is 11.5. The molecule has 18 heavy (non-hydrogen) atoms. The number of nitrogens with zero attached hydrogens (tertiary/aromatic N) is 2. The minimum Gasteiger partial charge on any atom is -0.395 e. The molecule has 1 N–H and O–H groups in total.